The van der Waals surface area contributed by atoms with Crippen LogP contribution >= 0.6 is 0 Å². The van der Waals surface area contributed by atoms with Gasteiger partial charge >= 0.3 is 0 Å². The quantitative estimate of drug-likeness (QED) is 0.143. The van der Waals surface area contributed by atoms with Crippen LogP contribution in [-0.2, 0) is 0 Å². The number of rotatable bonds is 9. The minimum atomic E-state index is 0.592. The molecule has 0 aliphatic rings. The number of aromatic nitrogens is 7. The zero-order valence-corrected chi connectivity index (χ0v) is 34.5. The second kappa shape index (κ2) is 16.9. The lowest BCUT2D eigenvalue weighted by atomic mass is 9.93. The first-order chi connectivity index (χ1) is 31.7. The molecule has 64 heavy (non-hydrogen) atoms. The summed E-state index contributed by atoms with van der Waals surface area (Å²) in [5, 5.41) is 2.29. The molecule has 0 bridgehead atoms. The van der Waals surface area contributed by atoms with Crippen LogP contribution in [0.5, 0.6) is 0 Å². The standard InChI is InChI=1S/C57H37N7/c1-4-17-39(18-5-1)52-59-53(40-19-6-2-7-20-40)61-55(60-52)45-26-14-24-43(33-45)48-35-49(37-50(36-48)51-28-12-13-31-58-51)44-25-15-27-46(34-44)56-62-54(41-21-8-3-9-22-41)63-57(64-56)47-30-29-38-16-10-11-23-42(38)32-47/h1-37H. The first-order valence-corrected chi connectivity index (χ1v) is 21.1. The predicted octanol–water partition coefficient (Wildman–Crippen LogP) is 13.6. The maximum absolute atomic E-state index is 5.11. The van der Waals surface area contributed by atoms with Crippen LogP contribution in [0, 0.1) is 0 Å². The van der Waals surface area contributed by atoms with E-state index in [1.807, 2.05) is 115 Å². The Bertz CT molecular complexity index is 3380. The van der Waals surface area contributed by atoms with Crippen molar-refractivity contribution in [1.29, 1.82) is 0 Å². The Morgan fingerprint density at radius 1 is 0.203 bits per heavy atom. The van der Waals surface area contributed by atoms with Crippen molar-refractivity contribution in [2.24, 2.45) is 0 Å². The van der Waals surface area contributed by atoms with E-state index >= 15 is 0 Å². The molecule has 0 atom stereocenters. The molecule has 0 saturated heterocycles. The van der Waals surface area contributed by atoms with Crippen LogP contribution in [0.1, 0.15) is 0 Å². The van der Waals surface area contributed by atoms with Gasteiger partial charge in [0.1, 0.15) is 0 Å². The Morgan fingerprint density at radius 3 is 1.03 bits per heavy atom. The van der Waals surface area contributed by atoms with E-state index in [1.54, 1.807) is 0 Å². The van der Waals surface area contributed by atoms with Crippen LogP contribution in [0.3, 0.4) is 0 Å². The van der Waals surface area contributed by atoms with Gasteiger partial charge < -0.3 is 0 Å². The number of fused-ring (bicyclic) bond motifs is 1. The molecule has 11 aromatic rings. The Morgan fingerprint density at radius 2 is 0.562 bits per heavy atom. The molecular weight excluding hydrogens is 783 g/mol. The van der Waals surface area contributed by atoms with E-state index in [0.717, 1.165) is 77.7 Å². The highest BCUT2D eigenvalue weighted by Gasteiger charge is 2.17. The summed E-state index contributed by atoms with van der Waals surface area (Å²) in [6.07, 6.45) is 1.83. The van der Waals surface area contributed by atoms with Crippen molar-refractivity contribution in [2.75, 3.05) is 0 Å². The topological polar surface area (TPSA) is 90.2 Å². The van der Waals surface area contributed by atoms with Crippen LogP contribution < -0.4 is 0 Å². The number of benzene rings is 8. The molecule has 8 aromatic carbocycles. The first kappa shape index (κ1) is 38.1. The summed E-state index contributed by atoms with van der Waals surface area (Å²) in [6.45, 7) is 0. The van der Waals surface area contributed by atoms with Crippen molar-refractivity contribution < 1.29 is 0 Å². The largest absolute Gasteiger partial charge is 0.256 e. The lowest BCUT2D eigenvalue weighted by Crippen LogP contribution is -2.00. The van der Waals surface area contributed by atoms with Gasteiger partial charge in [-0.05, 0) is 81.6 Å². The maximum atomic E-state index is 5.11. The zero-order chi connectivity index (χ0) is 42.7. The molecule has 0 amide bonds. The number of hydrogen-bond donors (Lipinski definition) is 0. The van der Waals surface area contributed by atoms with Crippen LogP contribution in [-0.4, -0.2) is 34.9 Å². The fourth-order valence-corrected chi connectivity index (χ4v) is 7.93. The highest BCUT2D eigenvalue weighted by atomic mass is 15.0. The molecule has 7 heteroatoms. The highest BCUT2D eigenvalue weighted by Crippen LogP contribution is 2.36. The molecule has 0 spiro atoms. The monoisotopic (exact) mass is 819 g/mol. The predicted molar refractivity (Wildman–Crippen MR) is 257 cm³/mol. The summed E-state index contributed by atoms with van der Waals surface area (Å²) in [4.78, 5) is 34.9. The van der Waals surface area contributed by atoms with E-state index in [2.05, 4.69) is 109 Å². The number of pyridine rings is 1. The molecule has 0 aliphatic heterocycles. The SMILES string of the molecule is c1ccc(-c2nc(-c3ccccc3)nc(-c3cccc(-c4cc(-c5cccc(-c6nc(-c7ccccc7)nc(-c7ccc8ccccc8c7)n6)c5)cc(-c5ccccn5)c4)c3)n2)cc1. The van der Waals surface area contributed by atoms with Crippen LogP contribution in [0.15, 0.2) is 225 Å². The summed E-state index contributed by atoms with van der Waals surface area (Å²) < 4.78 is 0. The normalized spacial score (nSPS) is 11.1. The van der Waals surface area contributed by atoms with Gasteiger partial charge in [-0.1, -0.05) is 170 Å². The van der Waals surface area contributed by atoms with Gasteiger partial charge in [0.25, 0.3) is 0 Å². The number of hydrogen-bond acceptors (Lipinski definition) is 7. The molecular formula is C57H37N7. The Kier molecular flexibility index (Phi) is 10.1. The van der Waals surface area contributed by atoms with E-state index < -0.39 is 0 Å². The van der Waals surface area contributed by atoms with Gasteiger partial charge in [0.15, 0.2) is 34.9 Å². The van der Waals surface area contributed by atoms with E-state index in [4.69, 9.17) is 34.9 Å². The fourth-order valence-electron chi connectivity index (χ4n) is 7.93. The molecule has 300 valence electrons. The first-order valence-electron chi connectivity index (χ1n) is 21.1. The third-order valence-electron chi connectivity index (χ3n) is 11.2. The minimum absolute atomic E-state index is 0.592. The molecule has 3 aromatic heterocycles. The summed E-state index contributed by atoms with van der Waals surface area (Å²) in [7, 11) is 0. The van der Waals surface area contributed by atoms with Gasteiger partial charge in [-0.25, -0.2) is 29.9 Å². The molecule has 0 saturated carbocycles. The van der Waals surface area contributed by atoms with Crippen LogP contribution in [0.2, 0.25) is 0 Å². The van der Waals surface area contributed by atoms with Crippen molar-refractivity contribution in [2.45, 2.75) is 0 Å². The summed E-state index contributed by atoms with van der Waals surface area (Å²) in [5.41, 5.74) is 11.4. The van der Waals surface area contributed by atoms with E-state index in [1.165, 1.54) is 0 Å². The van der Waals surface area contributed by atoms with E-state index in [9.17, 15) is 0 Å². The van der Waals surface area contributed by atoms with Gasteiger partial charge in [-0.3, -0.25) is 4.98 Å². The third-order valence-corrected chi connectivity index (χ3v) is 11.2. The zero-order valence-electron chi connectivity index (χ0n) is 34.5. The molecule has 0 N–H and O–H groups in total. The van der Waals surface area contributed by atoms with Crippen molar-refractivity contribution in [1.82, 2.24) is 34.9 Å². The summed E-state index contributed by atoms with van der Waals surface area (Å²) >= 11 is 0. The lowest BCUT2D eigenvalue weighted by Gasteiger charge is -2.13. The Balaban J connectivity index is 1.02. The van der Waals surface area contributed by atoms with Crippen LogP contribution in [0.4, 0.5) is 0 Å². The van der Waals surface area contributed by atoms with Crippen LogP contribution in [0.25, 0.3) is 113 Å². The average Bonchev–Trinajstić information content (AvgIpc) is 3.39. The van der Waals surface area contributed by atoms with Gasteiger partial charge in [0, 0.05) is 45.1 Å². The second-order valence-corrected chi connectivity index (χ2v) is 15.4. The molecule has 0 unspecified atom stereocenters. The van der Waals surface area contributed by atoms with E-state index in [0.29, 0.717) is 34.9 Å². The fraction of sp³-hybridized carbons (Fsp3) is 0. The minimum Gasteiger partial charge on any atom is -0.256 e. The molecule has 0 aliphatic carbocycles. The Hall–Kier alpha value is -8.81. The van der Waals surface area contributed by atoms with Gasteiger partial charge in [0.05, 0.1) is 5.69 Å². The average molecular weight is 820 g/mol. The third kappa shape index (κ3) is 7.93. The Labute approximate surface area is 370 Å². The number of nitrogens with zero attached hydrogens (tertiary/aromatic N) is 7. The smallest absolute Gasteiger partial charge is 0.164 e. The van der Waals surface area contributed by atoms with E-state index in [-0.39, 0.29) is 0 Å². The van der Waals surface area contributed by atoms with Crippen molar-refractivity contribution in [3.63, 3.8) is 0 Å². The second-order valence-electron chi connectivity index (χ2n) is 15.4. The molecule has 3 heterocycles. The summed E-state index contributed by atoms with van der Waals surface area (Å²) in [5.74, 6) is 3.65. The highest BCUT2D eigenvalue weighted by molar-refractivity contribution is 5.87. The summed E-state index contributed by atoms with van der Waals surface area (Å²) in [6, 6.07) is 74.3. The van der Waals surface area contributed by atoms with Crippen molar-refractivity contribution in [3.05, 3.63) is 225 Å². The molecule has 0 radical (unpaired) electrons. The maximum Gasteiger partial charge on any atom is 0.164 e. The molecule has 0 fully saturated rings. The van der Waals surface area contributed by atoms with Gasteiger partial charge in [0.2, 0.25) is 0 Å². The van der Waals surface area contributed by atoms with Crippen molar-refractivity contribution >= 4 is 10.8 Å². The molecule has 11 rings (SSSR count). The van der Waals surface area contributed by atoms with Crippen molar-refractivity contribution in [3.8, 4) is 102 Å². The molecule has 7 nitrogen and oxygen atoms in total. The van der Waals surface area contributed by atoms with Gasteiger partial charge in [-0.2, -0.15) is 0 Å². The van der Waals surface area contributed by atoms with Gasteiger partial charge in [-0.15, -0.1) is 0 Å². The lowest BCUT2D eigenvalue weighted by molar-refractivity contribution is 1.07.